The normalized spacial score (nSPS) is 10.0. The number of carbonyl (C=O) groups excluding carboxylic acids is 1. The van der Waals surface area contributed by atoms with E-state index >= 15 is 0 Å². The van der Waals surface area contributed by atoms with E-state index < -0.39 is 0 Å². The molecular formula is C17H18O5. The highest BCUT2D eigenvalue weighted by Crippen LogP contribution is 2.41. The quantitative estimate of drug-likeness (QED) is 0.794. The number of hydrogen-bond acceptors (Lipinski definition) is 5. The van der Waals surface area contributed by atoms with Crippen molar-refractivity contribution < 1.29 is 23.7 Å². The summed E-state index contributed by atoms with van der Waals surface area (Å²) < 4.78 is 20.7. The number of carbonyl (C=O) groups is 1. The van der Waals surface area contributed by atoms with E-state index in [0.29, 0.717) is 22.8 Å². The van der Waals surface area contributed by atoms with Crippen molar-refractivity contribution in [2.45, 2.75) is 0 Å². The van der Waals surface area contributed by atoms with Gasteiger partial charge in [0.15, 0.2) is 11.5 Å². The lowest BCUT2D eigenvalue weighted by Crippen LogP contribution is -2.00. The summed E-state index contributed by atoms with van der Waals surface area (Å²) in [5, 5.41) is 0. The van der Waals surface area contributed by atoms with Crippen molar-refractivity contribution in [3.8, 4) is 28.4 Å². The maximum atomic E-state index is 11.5. The highest BCUT2D eigenvalue weighted by Gasteiger charge is 2.14. The van der Waals surface area contributed by atoms with E-state index in [1.807, 2.05) is 24.3 Å². The van der Waals surface area contributed by atoms with Crippen molar-refractivity contribution in [2.24, 2.45) is 0 Å². The third kappa shape index (κ3) is 2.98. The Labute approximate surface area is 129 Å². The summed E-state index contributed by atoms with van der Waals surface area (Å²) in [6.45, 7) is 0. The number of hydrogen-bond donors (Lipinski definition) is 0. The first-order valence-corrected chi connectivity index (χ1v) is 6.63. The summed E-state index contributed by atoms with van der Waals surface area (Å²) in [5.74, 6) is 1.33. The number of benzene rings is 2. The van der Waals surface area contributed by atoms with Crippen LogP contribution >= 0.6 is 0 Å². The van der Waals surface area contributed by atoms with Gasteiger partial charge in [-0.05, 0) is 35.4 Å². The fourth-order valence-electron chi connectivity index (χ4n) is 2.16. The van der Waals surface area contributed by atoms with Crippen LogP contribution in [0.5, 0.6) is 17.2 Å². The predicted molar refractivity (Wildman–Crippen MR) is 82.9 cm³/mol. The molecule has 0 aliphatic heterocycles. The lowest BCUT2D eigenvalue weighted by Gasteiger charge is -2.14. The first kappa shape index (κ1) is 15.7. The van der Waals surface area contributed by atoms with Crippen LogP contribution in [0.25, 0.3) is 11.1 Å². The average Bonchev–Trinajstić information content (AvgIpc) is 2.59. The lowest BCUT2D eigenvalue weighted by molar-refractivity contribution is 0.0601. The molecule has 0 amide bonds. The smallest absolute Gasteiger partial charge is 0.337 e. The summed E-state index contributed by atoms with van der Waals surface area (Å²) in [6, 6.07) is 10.8. The zero-order valence-electron chi connectivity index (χ0n) is 13.0. The van der Waals surface area contributed by atoms with E-state index in [1.165, 1.54) is 7.11 Å². The van der Waals surface area contributed by atoms with Gasteiger partial charge in [-0.15, -0.1) is 0 Å². The third-order valence-corrected chi connectivity index (χ3v) is 3.30. The van der Waals surface area contributed by atoms with Gasteiger partial charge >= 0.3 is 5.97 Å². The highest BCUT2D eigenvalue weighted by atomic mass is 16.5. The topological polar surface area (TPSA) is 54.0 Å². The maximum absolute atomic E-state index is 11.5. The average molecular weight is 302 g/mol. The molecule has 0 saturated carbocycles. The lowest BCUT2D eigenvalue weighted by atomic mass is 10.0. The second kappa shape index (κ2) is 6.85. The molecule has 22 heavy (non-hydrogen) atoms. The van der Waals surface area contributed by atoms with E-state index in [4.69, 9.17) is 14.2 Å². The molecule has 0 bridgehead atoms. The largest absolute Gasteiger partial charge is 0.493 e. The molecule has 0 saturated heterocycles. The van der Waals surface area contributed by atoms with Gasteiger partial charge in [0.2, 0.25) is 5.75 Å². The van der Waals surface area contributed by atoms with Gasteiger partial charge in [-0.2, -0.15) is 0 Å². The van der Waals surface area contributed by atoms with Gasteiger partial charge in [-0.3, -0.25) is 0 Å². The van der Waals surface area contributed by atoms with Crippen LogP contribution in [0.15, 0.2) is 36.4 Å². The molecule has 2 aromatic carbocycles. The molecule has 0 spiro atoms. The van der Waals surface area contributed by atoms with Crippen molar-refractivity contribution in [2.75, 3.05) is 28.4 Å². The summed E-state index contributed by atoms with van der Waals surface area (Å²) in [4.78, 5) is 11.5. The molecule has 0 aromatic heterocycles. The fraction of sp³-hybridized carbons (Fsp3) is 0.235. The molecule has 0 atom stereocenters. The van der Waals surface area contributed by atoms with Gasteiger partial charge in [0.1, 0.15) is 0 Å². The van der Waals surface area contributed by atoms with E-state index in [0.717, 1.165) is 11.1 Å². The molecule has 0 aliphatic rings. The molecule has 0 fully saturated rings. The van der Waals surface area contributed by atoms with Crippen molar-refractivity contribution in [1.82, 2.24) is 0 Å². The minimum Gasteiger partial charge on any atom is -0.493 e. The molecule has 0 unspecified atom stereocenters. The maximum Gasteiger partial charge on any atom is 0.337 e. The molecule has 0 radical (unpaired) electrons. The van der Waals surface area contributed by atoms with Gasteiger partial charge in [0, 0.05) is 0 Å². The second-order valence-electron chi connectivity index (χ2n) is 4.48. The molecule has 0 heterocycles. The van der Waals surface area contributed by atoms with Crippen molar-refractivity contribution in [1.29, 1.82) is 0 Å². The van der Waals surface area contributed by atoms with E-state index in [2.05, 4.69) is 4.74 Å². The molecule has 0 aliphatic carbocycles. The molecule has 5 nitrogen and oxygen atoms in total. The molecule has 5 heteroatoms. The highest BCUT2D eigenvalue weighted by molar-refractivity contribution is 5.90. The Hall–Kier alpha value is -2.69. The number of methoxy groups -OCH3 is 4. The van der Waals surface area contributed by atoms with Gasteiger partial charge < -0.3 is 18.9 Å². The Balaban J connectivity index is 2.46. The molecule has 0 N–H and O–H groups in total. The minimum atomic E-state index is -0.364. The second-order valence-corrected chi connectivity index (χ2v) is 4.48. The first-order valence-electron chi connectivity index (χ1n) is 6.63. The molecule has 2 aromatic rings. The van der Waals surface area contributed by atoms with Crippen LogP contribution in [0.2, 0.25) is 0 Å². The van der Waals surface area contributed by atoms with Crippen LogP contribution in [0.4, 0.5) is 0 Å². The van der Waals surface area contributed by atoms with E-state index in [-0.39, 0.29) is 5.97 Å². The number of rotatable bonds is 5. The minimum absolute atomic E-state index is 0.364. The van der Waals surface area contributed by atoms with Crippen molar-refractivity contribution in [3.63, 3.8) is 0 Å². The van der Waals surface area contributed by atoms with Crippen LogP contribution in [0, 0.1) is 0 Å². The van der Waals surface area contributed by atoms with Crippen LogP contribution < -0.4 is 14.2 Å². The molecule has 116 valence electrons. The van der Waals surface area contributed by atoms with E-state index in [9.17, 15) is 4.79 Å². The Morgan fingerprint density at radius 2 is 1.32 bits per heavy atom. The molecule has 2 rings (SSSR count). The van der Waals surface area contributed by atoms with Crippen molar-refractivity contribution >= 4 is 5.97 Å². The SMILES string of the molecule is COC(=O)c1ccc(-c2cc(OC)c(OC)c(OC)c2)cc1. The summed E-state index contributed by atoms with van der Waals surface area (Å²) in [5.41, 5.74) is 2.32. The van der Waals surface area contributed by atoms with Crippen molar-refractivity contribution in [3.05, 3.63) is 42.0 Å². The summed E-state index contributed by atoms with van der Waals surface area (Å²) in [7, 11) is 6.06. The Morgan fingerprint density at radius 1 is 0.773 bits per heavy atom. The van der Waals surface area contributed by atoms with Crippen LogP contribution in [-0.4, -0.2) is 34.4 Å². The van der Waals surface area contributed by atoms with Gasteiger partial charge in [0.05, 0.1) is 34.0 Å². The van der Waals surface area contributed by atoms with Gasteiger partial charge in [-0.25, -0.2) is 4.79 Å². The van der Waals surface area contributed by atoms with E-state index in [1.54, 1.807) is 33.5 Å². The summed E-state index contributed by atoms with van der Waals surface area (Å²) >= 11 is 0. The summed E-state index contributed by atoms with van der Waals surface area (Å²) in [6.07, 6.45) is 0. The zero-order chi connectivity index (χ0) is 16.1. The first-order chi connectivity index (χ1) is 10.6. The number of ether oxygens (including phenoxy) is 4. The Morgan fingerprint density at radius 3 is 1.73 bits per heavy atom. The fourth-order valence-corrected chi connectivity index (χ4v) is 2.16. The Bertz CT molecular complexity index is 636. The van der Waals surface area contributed by atoms with Gasteiger partial charge in [-0.1, -0.05) is 12.1 Å². The van der Waals surface area contributed by atoms with Crippen LogP contribution in [0.3, 0.4) is 0 Å². The third-order valence-electron chi connectivity index (χ3n) is 3.30. The predicted octanol–water partition coefficient (Wildman–Crippen LogP) is 3.17. The Kier molecular flexibility index (Phi) is 4.88. The monoisotopic (exact) mass is 302 g/mol. The van der Waals surface area contributed by atoms with Gasteiger partial charge in [0.25, 0.3) is 0 Å². The zero-order valence-corrected chi connectivity index (χ0v) is 13.0. The standard InChI is InChI=1S/C17H18O5/c1-19-14-9-13(10-15(20-2)16(14)21-3)11-5-7-12(8-6-11)17(18)22-4/h5-10H,1-4H3. The van der Waals surface area contributed by atoms with Crippen LogP contribution in [0.1, 0.15) is 10.4 Å². The van der Waals surface area contributed by atoms with Crippen LogP contribution in [-0.2, 0) is 4.74 Å². The number of esters is 1. The molecular weight excluding hydrogens is 284 g/mol.